The topological polar surface area (TPSA) is 58.8 Å². The molecule has 2 aromatic heterocycles. The van der Waals surface area contributed by atoms with Gasteiger partial charge >= 0.3 is 0 Å². The van der Waals surface area contributed by atoms with Crippen molar-refractivity contribution in [2.75, 3.05) is 52.9 Å². The van der Waals surface area contributed by atoms with Crippen molar-refractivity contribution in [3.63, 3.8) is 0 Å². The fraction of sp³-hybridized carbons (Fsp3) is 0.619. The molecule has 2 aliphatic heterocycles. The molecule has 0 saturated carbocycles. The number of nitrogens with zero attached hydrogens (tertiary/aromatic N) is 6. The molecule has 4 rings (SSSR count). The Morgan fingerprint density at radius 3 is 2.76 bits per heavy atom. The van der Waals surface area contributed by atoms with Gasteiger partial charge in [-0.1, -0.05) is 0 Å². The first-order chi connectivity index (χ1) is 14.0. The summed E-state index contributed by atoms with van der Waals surface area (Å²) in [6, 6.07) is 3.66. The van der Waals surface area contributed by atoms with Crippen molar-refractivity contribution in [2.45, 2.75) is 18.6 Å². The zero-order chi connectivity index (χ0) is 20.4. The Hall–Kier alpha value is -2.16. The standard InChI is InChI=1S/C21H32N6O2/c1-23-7-5-9-26(11-10-23)16-19-20(17-14-22-25(3)15-17)27(12-13-29-19)21(28)18-6-4-8-24(18)2/h4,6,8,14-15,19-20H,5,7,9-13,16H2,1-3H3/t19-,20-/m0/s1. The Balaban J connectivity index is 1.59. The second-order valence-electron chi connectivity index (χ2n) is 8.26. The van der Waals surface area contributed by atoms with Crippen molar-refractivity contribution in [2.24, 2.45) is 14.1 Å². The van der Waals surface area contributed by atoms with Crippen molar-refractivity contribution in [3.05, 3.63) is 42.0 Å². The third kappa shape index (κ3) is 4.39. The van der Waals surface area contributed by atoms with Crippen LogP contribution in [0.15, 0.2) is 30.7 Å². The highest BCUT2D eigenvalue weighted by molar-refractivity contribution is 5.93. The monoisotopic (exact) mass is 400 g/mol. The molecule has 0 unspecified atom stereocenters. The second-order valence-corrected chi connectivity index (χ2v) is 8.26. The van der Waals surface area contributed by atoms with Crippen LogP contribution >= 0.6 is 0 Å². The van der Waals surface area contributed by atoms with Gasteiger partial charge in [0, 0.05) is 58.2 Å². The van der Waals surface area contributed by atoms with Gasteiger partial charge in [0.1, 0.15) is 5.69 Å². The predicted octanol–water partition coefficient (Wildman–Crippen LogP) is 0.978. The van der Waals surface area contributed by atoms with Crippen LogP contribution < -0.4 is 0 Å². The van der Waals surface area contributed by atoms with Crippen LogP contribution in [0.4, 0.5) is 0 Å². The maximum absolute atomic E-state index is 13.4. The molecule has 2 saturated heterocycles. The molecule has 29 heavy (non-hydrogen) atoms. The van der Waals surface area contributed by atoms with E-state index in [1.54, 1.807) is 4.68 Å². The van der Waals surface area contributed by atoms with Crippen LogP contribution in [0, 0.1) is 0 Å². The lowest BCUT2D eigenvalue weighted by atomic mass is 9.99. The number of amides is 1. The Bertz CT molecular complexity index is 831. The summed E-state index contributed by atoms with van der Waals surface area (Å²) in [6.45, 7) is 6.26. The van der Waals surface area contributed by atoms with Crippen molar-refractivity contribution in [3.8, 4) is 0 Å². The maximum Gasteiger partial charge on any atom is 0.271 e. The van der Waals surface area contributed by atoms with Crippen LogP contribution in [-0.4, -0.2) is 94.0 Å². The van der Waals surface area contributed by atoms with Gasteiger partial charge in [0.05, 0.1) is 24.9 Å². The van der Waals surface area contributed by atoms with Crippen LogP contribution in [0.5, 0.6) is 0 Å². The number of hydrogen-bond donors (Lipinski definition) is 0. The number of carbonyl (C=O) groups is 1. The van der Waals surface area contributed by atoms with Gasteiger partial charge in [-0.05, 0) is 38.7 Å². The molecule has 2 aromatic rings. The SMILES string of the molecule is CN1CCCN(C[C@@H]2OCCN(C(=O)c3cccn3C)[C@H]2c2cnn(C)c2)CC1. The summed E-state index contributed by atoms with van der Waals surface area (Å²) in [7, 11) is 6.01. The quantitative estimate of drug-likeness (QED) is 0.766. The van der Waals surface area contributed by atoms with Gasteiger partial charge in [0.25, 0.3) is 5.91 Å². The van der Waals surface area contributed by atoms with Crippen LogP contribution in [-0.2, 0) is 18.8 Å². The minimum atomic E-state index is -0.138. The molecule has 0 spiro atoms. The second kappa shape index (κ2) is 8.69. The smallest absolute Gasteiger partial charge is 0.271 e. The molecule has 0 bridgehead atoms. The molecule has 0 aliphatic carbocycles. The fourth-order valence-electron chi connectivity index (χ4n) is 4.47. The van der Waals surface area contributed by atoms with Crippen LogP contribution in [0.2, 0.25) is 0 Å². The highest BCUT2D eigenvalue weighted by Crippen LogP contribution is 2.31. The number of morpholine rings is 1. The largest absolute Gasteiger partial charge is 0.373 e. The summed E-state index contributed by atoms with van der Waals surface area (Å²) in [6.07, 6.45) is 6.88. The molecular weight excluding hydrogens is 368 g/mol. The van der Waals surface area contributed by atoms with E-state index in [4.69, 9.17) is 4.74 Å². The highest BCUT2D eigenvalue weighted by atomic mass is 16.5. The van der Waals surface area contributed by atoms with Gasteiger partial charge in [-0.2, -0.15) is 5.10 Å². The van der Waals surface area contributed by atoms with E-state index in [0.29, 0.717) is 18.8 Å². The van der Waals surface area contributed by atoms with E-state index in [9.17, 15) is 4.79 Å². The van der Waals surface area contributed by atoms with Crippen molar-refractivity contribution in [1.82, 2.24) is 29.0 Å². The number of likely N-dealkylation sites (N-methyl/N-ethyl adjacent to an activating group) is 1. The average molecular weight is 401 g/mol. The van der Waals surface area contributed by atoms with E-state index in [2.05, 4.69) is 21.9 Å². The summed E-state index contributed by atoms with van der Waals surface area (Å²) >= 11 is 0. The van der Waals surface area contributed by atoms with Gasteiger partial charge in [-0.3, -0.25) is 14.4 Å². The van der Waals surface area contributed by atoms with Crippen molar-refractivity contribution in [1.29, 1.82) is 0 Å². The zero-order valence-electron chi connectivity index (χ0n) is 17.7. The van der Waals surface area contributed by atoms with Crippen molar-refractivity contribution >= 4 is 5.91 Å². The summed E-state index contributed by atoms with van der Waals surface area (Å²) < 4.78 is 9.94. The summed E-state index contributed by atoms with van der Waals surface area (Å²) in [5, 5.41) is 4.37. The number of aryl methyl sites for hydroxylation is 2. The number of carbonyl (C=O) groups excluding carboxylic acids is 1. The molecule has 8 nitrogen and oxygen atoms in total. The normalized spacial score (nSPS) is 24.6. The van der Waals surface area contributed by atoms with Gasteiger partial charge in [-0.15, -0.1) is 0 Å². The lowest BCUT2D eigenvalue weighted by Gasteiger charge is -2.42. The minimum absolute atomic E-state index is 0.0512. The number of hydrogen-bond acceptors (Lipinski definition) is 5. The van der Waals surface area contributed by atoms with Gasteiger partial charge in [-0.25, -0.2) is 0 Å². The van der Waals surface area contributed by atoms with E-state index < -0.39 is 0 Å². The summed E-state index contributed by atoms with van der Waals surface area (Å²) in [5.41, 5.74) is 1.74. The molecule has 2 aliphatic rings. The average Bonchev–Trinajstić information content (AvgIpc) is 3.27. The number of rotatable bonds is 4. The van der Waals surface area contributed by atoms with E-state index in [1.807, 2.05) is 54.3 Å². The first-order valence-corrected chi connectivity index (χ1v) is 10.5. The van der Waals surface area contributed by atoms with Crippen molar-refractivity contribution < 1.29 is 9.53 Å². The Labute approximate surface area is 172 Å². The Kier molecular flexibility index (Phi) is 6.03. The lowest BCUT2D eigenvalue weighted by molar-refractivity contribution is -0.0725. The first-order valence-electron chi connectivity index (χ1n) is 10.5. The number of aromatic nitrogens is 3. The molecule has 0 radical (unpaired) electrons. The predicted molar refractivity (Wildman–Crippen MR) is 111 cm³/mol. The Morgan fingerprint density at radius 1 is 1.17 bits per heavy atom. The van der Waals surface area contributed by atoms with E-state index in [0.717, 1.165) is 44.7 Å². The van der Waals surface area contributed by atoms with Crippen LogP contribution in [0.1, 0.15) is 28.5 Å². The minimum Gasteiger partial charge on any atom is -0.373 e. The Morgan fingerprint density at radius 2 is 2.03 bits per heavy atom. The third-order valence-electron chi connectivity index (χ3n) is 6.09. The first kappa shape index (κ1) is 20.1. The van der Waals surface area contributed by atoms with Crippen LogP contribution in [0.25, 0.3) is 0 Å². The molecule has 0 N–H and O–H groups in total. The third-order valence-corrected chi connectivity index (χ3v) is 6.09. The fourth-order valence-corrected chi connectivity index (χ4v) is 4.47. The molecular formula is C21H32N6O2. The van der Waals surface area contributed by atoms with E-state index in [-0.39, 0.29) is 18.1 Å². The zero-order valence-corrected chi connectivity index (χ0v) is 17.7. The molecule has 4 heterocycles. The molecule has 2 fully saturated rings. The molecule has 158 valence electrons. The van der Waals surface area contributed by atoms with E-state index >= 15 is 0 Å². The van der Waals surface area contributed by atoms with Gasteiger partial charge in [0.2, 0.25) is 0 Å². The molecule has 1 amide bonds. The molecule has 0 aromatic carbocycles. The van der Waals surface area contributed by atoms with Crippen LogP contribution in [0.3, 0.4) is 0 Å². The summed E-state index contributed by atoms with van der Waals surface area (Å²) in [5.74, 6) is 0.0512. The van der Waals surface area contributed by atoms with Gasteiger partial charge < -0.3 is 19.1 Å². The van der Waals surface area contributed by atoms with E-state index in [1.165, 1.54) is 0 Å². The highest BCUT2D eigenvalue weighted by Gasteiger charge is 2.39. The maximum atomic E-state index is 13.4. The lowest BCUT2D eigenvalue weighted by Crippen LogP contribution is -2.52. The molecule has 2 atom stereocenters. The number of ether oxygens (including phenoxy) is 1. The summed E-state index contributed by atoms with van der Waals surface area (Å²) in [4.78, 5) is 20.2. The van der Waals surface area contributed by atoms with Gasteiger partial charge in [0.15, 0.2) is 0 Å². The molecule has 8 heteroatoms.